The number of rotatable bonds is 4. The lowest BCUT2D eigenvalue weighted by molar-refractivity contribution is -0.141. The molecule has 0 aliphatic carbocycles. The molecule has 1 N–H and O–H groups in total. The van der Waals surface area contributed by atoms with Gasteiger partial charge in [-0.25, -0.2) is 0 Å². The Morgan fingerprint density at radius 2 is 1.86 bits per heavy atom. The topological polar surface area (TPSA) is 58.6 Å². The normalized spacial score (nSPS) is 17.0. The number of nitrogens with zero attached hydrogens (tertiary/aromatic N) is 1. The number of ether oxygens (including phenoxy) is 1. The molecule has 1 heterocycles. The van der Waals surface area contributed by atoms with Crippen molar-refractivity contribution in [1.82, 2.24) is 10.2 Å². The van der Waals surface area contributed by atoms with Crippen molar-refractivity contribution in [2.24, 2.45) is 5.92 Å². The lowest BCUT2D eigenvalue weighted by Gasteiger charge is -2.32. The van der Waals surface area contributed by atoms with E-state index < -0.39 is 6.10 Å². The zero-order valence-electron chi connectivity index (χ0n) is 12.8. The second-order valence-corrected chi connectivity index (χ2v) is 5.86. The molecule has 1 aromatic carbocycles. The highest BCUT2D eigenvalue weighted by atomic mass is 35.5. The summed E-state index contributed by atoms with van der Waals surface area (Å²) in [6.07, 6.45) is 0.829. The van der Waals surface area contributed by atoms with E-state index in [1.54, 1.807) is 43.1 Å². The first kappa shape index (κ1) is 16.6. The van der Waals surface area contributed by atoms with Gasteiger partial charge in [0.15, 0.2) is 6.10 Å². The highest BCUT2D eigenvalue weighted by molar-refractivity contribution is 6.30. The summed E-state index contributed by atoms with van der Waals surface area (Å²) < 4.78 is 5.65. The fourth-order valence-electron chi connectivity index (χ4n) is 2.59. The minimum atomic E-state index is -0.558. The molecule has 0 radical (unpaired) electrons. The van der Waals surface area contributed by atoms with Crippen molar-refractivity contribution in [2.75, 3.05) is 20.1 Å². The molecule has 5 nitrogen and oxygen atoms in total. The summed E-state index contributed by atoms with van der Waals surface area (Å²) in [5.41, 5.74) is 0. The van der Waals surface area contributed by atoms with Crippen molar-refractivity contribution >= 4 is 23.4 Å². The van der Waals surface area contributed by atoms with Gasteiger partial charge in [0.1, 0.15) is 5.75 Å². The van der Waals surface area contributed by atoms with Crippen molar-refractivity contribution in [3.05, 3.63) is 29.3 Å². The number of hydrogen-bond donors (Lipinski definition) is 1. The number of halogens is 1. The molecule has 0 bridgehead atoms. The molecule has 2 amide bonds. The monoisotopic (exact) mass is 324 g/mol. The number of carbonyl (C=O) groups is 2. The number of hydrogen-bond acceptors (Lipinski definition) is 3. The number of amides is 2. The lowest BCUT2D eigenvalue weighted by Crippen LogP contribution is -2.46. The summed E-state index contributed by atoms with van der Waals surface area (Å²) in [4.78, 5) is 25.7. The van der Waals surface area contributed by atoms with Gasteiger partial charge >= 0.3 is 0 Å². The van der Waals surface area contributed by atoms with Crippen molar-refractivity contribution in [2.45, 2.75) is 25.9 Å². The number of likely N-dealkylation sites (tertiary alicyclic amines) is 1. The van der Waals surface area contributed by atoms with Crippen LogP contribution in [0.25, 0.3) is 0 Å². The molecule has 1 atom stereocenters. The van der Waals surface area contributed by atoms with Crippen LogP contribution < -0.4 is 10.1 Å². The predicted molar refractivity (Wildman–Crippen MR) is 84.9 cm³/mol. The molecule has 120 valence electrons. The standard InChI is InChI=1S/C16H21ClN2O3/c1-11(22-14-5-3-13(17)4-6-14)16(21)19-9-7-12(8-10-19)15(20)18-2/h3-6,11-12H,7-10H2,1-2H3,(H,18,20). The summed E-state index contributed by atoms with van der Waals surface area (Å²) in [6.45, 7) is 2.91. The second kappa shape index (κ2) is 7.49. The quantitative estimate of drug-likeness (QED) is 0.922. The highest BCUT2D eigenvalue weighted by Gasteiger charge is 2.29. The first-order valence-corrected chi connectivity index (χ1v) is 7.81. The van der Waals surface area contributed by atoms with Gasteiger partial charge in [0, 0.05) is 31.1 Å². The average Bonchev–Trinajstić information content (AvgIpc) is 2.55. The second-order valence-electron chi connectivity index (χ2n) is 5.43. The Hall–Kier alpha value is -1.75. The molecule has 6 heteroatoms. The van der Waals surface area contributed by atoms with Crippen LogP contribution in [-0.4, -0.2) is 43.0 Å². The largest absolute Gasteiger partial charge is 0.481 e. The fraction of sp³-hybridized carbons (Fsp3) is 0.500. The van der Waals surface area contributed by atoms with Gasteiger partial charge < -0.3 is 15.0 Å². The third kappa shape index (κ3) is 4.13. The van der Waals surface area contributed by atoms with E-state index in [-0.39, 0.29) is 17.7 Å². The molecule has 1 aliphatic heterocycles. The van der Waals surface area contributed by atoms with E-state index in [0.717, 1.165) is 0 Å². The van der Waals surface area contributed by atoms with Gasteiger partial charge in [-0.15, -0.1) is 0 Å². The first-order valence-electron chi connectivity index (χ1n) is 7.44. The molecule has 0 saturated carbocycles. The van der Waals surface area contributed by atoms with Crippen LogP contribution in [0.3, 0.4) is 0 Å². The number of benzene rings is 1. The molecule has 1 aromatic rings. The van der Waals surface area contributed by atoms with Crippen LogP contribution in [0.5, 0.6) is 5.75 Å². The zero-order valence-corrected chi connectivity index (χ0v) is 13.6. The minimum absolute atomic E-state index is 0.00143. The third-order valence-corrected chi connectivity index (χ3v) is 4.15. The molecular weight excluding hydrogens is 304 g/mol. The van der Waals surface area contributed by atoms with Crippen LogP contribution in [0.2, 0.25) is 5.02 Å². The Morgan fingerprint density at radius 3 is 2.41 bits per heavy atom. The third-order valence-electron chi connectivity index (χ3n) is 3.90. The average molecular weight is 325 g/mol. The van der Waals surface area contributed by atoms with Gasteiger partial charge in [-0.2, -0.15) is 0 Å². The van der Waals surface area contributed by atoms with Crippen LogP contribution in [0.1, 0.15) is 19.8 Å². The first-order chi connectivity index (χ1) is 10.5. The SMILES string of the molecule is CNC(=O)C1CCN(C(=O)C(C)Oc2ccc(Cl)cc2)CC1. The number of carbonyl (C=O) groups excluding carboxylic acids is 2. The molecule has 1 fully saturated rings. The lowest BCUT2D eigenvalue weighted by atomic mass is 9.96. The molecule has 0 aromatic heterocycles. The Bertz CT molecular complexity index is 525. The number of piperidine rings is 1. The Kier molecular flexibility index (Phi) is 5.66. The van der Waals surface area contributed by atoms with E-state index in [0.29, 0.717) is 36.7 Å². The maximum atomic E-state index is 12.4. The van der Waals surface area contributed by atoms with Gasteiger partial charge in [-0.05, 0) is 44.0 Å². The van der Waals surface area contributed by atoms with Crippen LogP contribution >= 0.6 is 11.6 Å². The smallest absolute Gasteiger partial charge is 0.263 e. The maximum Gasteiger partial charge on any atom is 0.263 e. The molecule has 22 heavy (non-hydrogen) atoms. The van der Waals surface area contributed by atoms with E-state index in [1.165, 1.54) is 0 Å². The van der Waals surface area contributed by atoms with Crippen LogP contribution in [0.4, 0.5) is 0 Å². The van der Waals surface area contributed by atoms with Crippen LogP contribution in [0.15, 0.2) is 24.3 Å². The van der Waals surface area contributed by atoms with Gasteiger partial charge in [-0.3, -0.25) is 9.59 Å². The van der Waals surface area contributed by atoms with Crippen molar-refractivity contribution in [1.29, 1.82) is 0 Å². The maximum absolute atomic E-state index is 12.4. The van der Waals surface area contributed by atoms with E-state index in [1.807, 2.05) is 0 Å². The molecule has 2 rings (SSSR count). The Labute approximate surface area is 135 Å². The van der Waals surface area contributed by atoms with Crippen LogP contribution in [-0.2, 0) is 9.59 Å². The van der Waals surface area contributed by atoms with Gasteiger partial charge in [0.2, 0.25) is 5.91 Å². The summed E-state index contributed by atoms with van der Waals surface area (Å²) in [6, 6.07) is 6.93. The summed E-state index contributed by atoms with van der Waals surface area (Å²) in [7, 11) is 1.64. The summed E-state index contributed by atoms with van der Waals surface area (Å²) in [5, 5.41) is 3.29. The zero-order chi connectivity index (χ0) is 16.1. The van der Waals surface area contributed by atoms with Gasteiger partial charge in [0.05, 0.1) is 0 Å². The van der Waals surface area contributed by atoms with E-state index in [9.17, 15) is 9.59 Å². The molecule has 0 spiro atoms. The van der Waals surface area contributed by atoms with Crippen molar-refractivity contribution in [3.63, 3.8) is 0 Å². The molecule has 1 saturated heterocycles. The van der Waals surface area contributed by atoms with E-state index in [4.69, 9.17) is 16.3 Å². The molecular formula is C16H21ClN2O3. The fourth-order valence-corrected chi connectivity index (χ4v) is 2.72. The van der Waals surface area contributed by atoms with Crippen molar-refractivity contribution in [3.8, 4) is 5.75 Å². The van der Waals surface area contributed by atoms with Crippen LogP contribution in [0, 0.1) is 5.92 Å². The molecule has 1 aliphatic rings. The Balaban J connectivity index is 1.86. The van der Waals surface area contributed by atoms with Gasteiger partial charge in [-0.1, -0.05) is 11.6 Å². The summed E-state index contributed by atoms with van der Waals surface area (Å²) in [5.74, 6) is 0.620. The molecule has 1 unspecified atom stereocenters. The highest BCUT2D eigenvalue weighted by Crippen LogP contribution is 2.20. The van der Waals surface area contributed by atoms with Gasteiger partial charge in [0.25, 0.3) is 5.91 Å². The minimum Gasteiger partial charge on any atom is -0.481 e. The summed E-state index contributed by atoms with van der Waals surface area (Å²) >= 11 is 5.82. The van der Waals surface area contributed by atoms with E-state index in [2.05, 4.69) is 5.32 Å². The van der Waals surface area contributed by atoms with Crippen molar-refractivity contribution < 1.29 is 14.3 Å². The number of nitrogens with one attached hydrogen (secondary N) is 1. The predicted octanol–water partition coefficient (Wildman–Crippen LogP) is 2.09. The Morgan fingerprint density at radius 1 is 1.27 bits per heavy atom. The van der Waals surface area contributed by atoms with E-state index >= 15 is 0 Å².